The van der Waals surface area contributed by atoms with Crippen LogP contribution in [-0.2, 0) is 22.4 Å². The van der Waals surface area contributed by atoms with Crippen LogP contribution in [0.5, 0.6) is 0 Å². The van der Waals surface area contributed by atoms with Crippen LogP contribution in [-0.4, -0.2) is 30.1 Å². The Morgan fingerprint density at radius 2 is 1.94 bits per heavy atom. The summed E-state index contributed by atoms with van der Waals surface area (Å²) < 4.78 is 10.2. The van der Waals surface area contributed by atoms with Crippen molar-refractivity contribution in [3.05, 3.63) is 64.4 Å². The topological polar surface area (TPSA) is 97.6 Å². The molecule has 0 radical (unpaired) electrons. The van der Waals surface area contributed by atoms with Gasteiger partial charge in [0.2, 0.25) is 5.91 Å². The van der Waals surface area contributed by atoms with E-state index in [0.717, 1.165) is 42.6 Å². The highest BCUT2D eigenvalue weighted by Gasteiger charge is 2.28. The highest BCUT2D eigenvalue weighted by atomic mass is 32.2. The summed E-state index contributed by atoms with van der Waals surface area (Å²) in [7, 11) is 1.37. The number of ether oxygens (including phenoxy) is 1. The van der Waals surface area contributed by atoms with Gasteiger partial charge >= 0.3 is 5.97 Å². The van der Waals surface area contributed by atoms with Crippen LogP contribution in [0.15, 0.2) is 52.0 Å². The molecule has 2 N–H and O–H groups in total. The number of carbonyl (C=O) groups is 3. The van der Waals surface area contributed by atoms with Gasteiger partial charge in [-0.1, -0.05) is 19.4 Å². The van der Waals surface area contributed by atoms with E-state index in [1.807, 2.05) is 25.1 Å². The lowest BCUT2D eigenvalue weighted by molar-refractivity contribution is -0.115. The molecule has 184 valence electrons. The number of rotatable bonds is 8. The zero-order valence-corrected chi connectivity index (χ0v) is 21.4. The third kappa shape index (κ3) is 5.97. The monoisotopic (exact) mass is 512 g/mol. The maximum atomic E-state index is 13.3. The molecule has 4 rings (SSSR count). The lowest BCUT2D eigenvalue weighted by atomic mass is 10.1. The van der Waals surface area contributed by atoms with E-state index in [1.165, 1.54) is 41.3 Å². The van der Waals surface area contributed by atoms with E-state index in [4.69, 9.17) is 9.15 Å². The first-order chi connectivity index (χ1) is 17.0. The predicted molar refractivity (Wildman–Crippen MR) is 139 cm³/mol. The second kappa shape index (κ2) is 11.6. The Hall–Kier alpha value is -3.04. The van der Waals surface area contributed by atoms with Gasteiger partial charge in [0.15, 0.2) is 5.76 Å². The van der Waals surface area contributed by atoms with Crippen LogP contribution in [0.2, 0.25) is 0 Å². The summed E-state index contributed by atoms with van der Waals surface area (Å²) in [5.41, 5.74) is 2.14. The molecular weight excluding hydrogens is 484 g/mol. The summed E-state index contributed by atoms with van der Waals surface area (Å²) in [5.74, 6) is -0.677. The Bertz CT molecular complexity index is 1200. The fourth-order valence-electron chi connectivity index (χ4n) is 4.08. The molecule has 0 spiro atoms. The Kier molecular flexibility index (Phi) is 8.30. The number of aryl methyl sites for hydroxylation is 1. The van der Waals surface area contributed by atoms with E-state index in [9.17, 15) is 14.4 Å². The lowest BCUT2D eigenvalue weighted by Gasteiger charge is -2.15. The van der Waals surface area contributed by atoms with Crippen molar-refractivity contribution in [3.8, 4) is 0 Å². The highest BCUT2D eigenvalue weighted by Crippen LogP contribution is 2.38. The number of hydrogen-bond acceptors (Lipinski definition) is 7. The van der Waals surface area contributed by atoms with E-state index < -0.39 is 5.97 Å². The maximum absolute atomic E-state index is 13.3. The number of carbonyl (C=O) groups excluding carboxylic acids is 3. The molecule has 2 aromatic heterocycles. The van der Waals surface area contributed by atoms with E-state index in [-0.39, 0.29) is 22.8 Å². The van der Waals surface area contributed by atoms with Gasteiger partial charge in [0.25, 0.3) is 5.91 Å². The SMILES string of the molecule is CCC(Sc1cccc(NC(=O)c2ccco2)c1)C(=O)Nc1sc2c(c1C(=O)OC)CCCCC2. The molecule has 1 aliphatic carbocycles. The molecule has 35 heavy (non-hydrogen) atoms. The molecule has 0 bridgehead atoms. The maximum Gasteiger partial charge on any atom is 0.341 e. The quantitative estimate of drug-likeness (QED) is 0.213. The molecule has 9 heteroatoms. The van der Waals surface area contributed by atoms with Gasteiger partial charge in [-0.05, 0) is 68.0 Å². The van der Waals surface area contributed by atoms with Crippen molar-refractivity contribution in [2.45, 2.75) is 55.6 Å². The molecule has 1 unspecified atom stereocenters. The van der Waals surface area contributed by atoms with Crippen molar-refractivity contribution >= 4 is 51.6 Å². The number of anilines is 2. The minimum absolute atomic E-state index is 0.163. The first-order valence-corrected chi connectivity index (χ1v) is 13.3. The Labute approximate surface area is 212 Å². The van der Waals surface area contributed by atoms with E-state index in [0.29, 0.717) is 22.7 Å². The average molecular weight is 513 g/mol. The first kappa shape index (κ1) is 25.1. The van der Waals surface area contributed by atoms with Gasteiger partial charge in [0, 0.05) is 15.5 Å². The number of thiophene rings is 1. The number of thioether (sulfide) groups is 1. The van der Waals surface area contributed by atoms with Crippen LogP contribution >= 0.6 is 23.1 Å². The molecule has 2 amide bonds. The molecular formula is C26H28N2O5S2. The minimum Gasteiger partial charge on any atom is -0.465 e. The van der Waals surface area contributed by atoms with Gasteiger partial charge in [-0.3, -0.25) is 9.59 Å². The fourth-order valence-corrected chi connectivity index (χ4v) is 6.37. The molecule has 0 saturated carbocycles. The molecule has 3 aromatic rings. The summed E-state index contributed by atoms with van der Waals surface area (Å²) >= 11 is 2.91. The van der Waals surface area contributed by atoms with Crippen LogP contribution in [0, 0.1) is 0 Å². The first-order valence-electron chi connectivity index (χ1n) is 11.7. The number of esters is 1. The van der Waals surface area contributed by atoms with Gasteiger partial charge in [0.1, 0.15) is 5.00 Å². The van der Waals surface area contributed by atoms with Crippen molar-refractivity contribution in [3.63, 3.8) is 0 Å². The van der Waals surface area contributed by atoms with Crippen molar-refractivity contribution in [2.24, 2.45) is 0 Å². The summed E-state index contributed by atoms with van der Waals surface area (Å²) in [6, 6.07) is 10.6. The van der Waals surface area contributed by atoms with Crippen molar-refractivity contribution in [1.29, 1.82) is 0 Å². The lowest BCUT2D eigenvalue weighted by Crippen LogP contribution is -2.25. The van der Waals surface area contributed by atoms with Gasteiger partial charge in [-0.25, -0.2) is 4.79 Å². The summed E-state index contributed by atoms with van der Waals surface area (Å²) in [4.78, 5) is 40.1. The van der Waals surface area contributed by atoms with Gasteiger partial charge in [0.05, 0.1) is 24.2 Å². The van der Waals surface area contributed by atoms with Crippen LogP contribution in [0.1, 0.15) is 64.0 Å². The van der Waals surface area contributed by atoms with Crippen molar-refractivity contribution < 1.29 is 23.5 Å². The molecule has 2 heterocycles. The normalized spacial score (nSPS) is 13.9. The second-order valence-electron chi connectivity index (χ2n) is 8.22. The van der Waals surface area contributed by atoms with Crippen LogP contribution in [0.25, 0.3) is 0 Å². The van der Waals surface area contributed by atoms with Gasteiger partial charge in [-0.2, -0.15) is 0 Å². The molecule has 1 atom stereocenters. The van der Waals surface area contributed by atoms with E-state index >= 15 is 0 Å². The van der Waals surface area contributed by atoms with E-state index in [2.05, 4.69) is 10.6 Å². The second-order valence-corrected chi connectivity index (χ2v) is 10.6. The smallest absolute Gasteiger partial charge is 0.341 e. The number of nitrogens with one attached hydrogen (secondary N) is 2. The number of fused-ring (bicyclic) bond motifs is 1. The number of amides is 2. The summed E-state index contributed by atoms with van der Waals surface area (Å²) in [6.07, 6.45) is 7.04. The largest absolute Gasteiger partial charge is 0.465 e. The number of methoxy groups -OCH3 is 1. The zero-order valence-electron chi connectivity index (χ0n) is 19.7. The molecule has 1 aromatic carbocycles. The van der Waals surface area contributed by atoms with Gasteiger partial charge < -0.3 is 19.8 Å². The third-order valence-corrected chi connectivity index (χ3v) is 8.39. The third-order valence-electron chi connectivity index (χ3n) is 5.83. The fraction of sp³-hybridized carbons (Fsp3) is 0.346. The summed E-state index contributed by atoms with van der Waals surface area (Å²) in [6.45, 7) is 1.95. The average Bonchev–Trinajstić information content (AvgIpc) is 3.45. The summed E-state index contributed by atoms with van der Waals surface area (Å²) in [5, 5.41) is 6.02. The molecule has 7 nitrogen and oxygen atoms in total. The van der Waals surface area contributed by atoms with E-state index in [1.54, 1.807) is 18.2 Å². The molecule has 0 aliphatic heterocycles. The van der Waals surface area contributed by atoms with Crippen LogP contribution < -0.4 is 10.6 Å². The number of furan rings is 1. The number of benzene rings is 1. The molecule has 0 saturated heterocycles. The van der Waals surface area contributed by atoms with Crippen LogP contribution in [0.4, 0.5) is 10.7 Å². The minimum atomic E-state index is -0.402. The molecule has 1 aliphatic rings. The highest BCUT2D eigenvalue weighted by molar-refractivity contribution is 8.00. The number of hydrogen-bond donors (Lipinski definition) is 2. The predicted octanol–water partition coefficient (Wildman–Crippen LogP) is 6.16. The standard InChI is InChI=1S/C26H28N2O5S2/c1-3-20(34-17-10-7-9-16(15-17)27-23(29)19-12-8-14-33-19)24(30)28-25-22(26(31)32-2)18-11-5-4-6-13-21(18)35-25/h7-10,12,14-15,20H,3-6,11,13H2,1-2H3,(H,27,29)(H,28,30). The van der Waals surface area contributed by atoms with Crippen molar-refractivity contribution in [1.82, 2.24) is 0 Å². The van der Waals surface area contributed by atoms with Crippen LogP contribution in [0.3, 0.4) is 0 Å². The molecule has 0 fully saturated rings. The van der Waals surface area contributed by atoms with Gasteiger partial charge in [-0.15, -0.1) is 23.1 Å². The van der Waals surface area contributed by atoms with Crippen molar-refractivity contribution in [2.75, 3.05) is 17.7 Å². The zero-order chi connectivity index (χ0) is 24.8. The Morgan fingerprint density at radius 3 is 2.69 bits per heavy atom. The Balaban J connectivity index is 1.48. The Morgan fingerprint density at radius 1 is 1.11 bits per heavy atom.